The lowest BCUT2D eigenvalue weighted by Gasteiger charge is -2.19. The van der Waals surface area contributed by atoms with Gasteiger partial charge < -0.3 is 9.15 Å². The van der Waals surface area contributed by atoms with Crippen LogP contribution in [-0.2, 0) is 27.7 Å². The molecule has 1 aromatic heterocycles. The number of carbonyl (C=O) groups excluding carboxylic acids is 1. The van der Waals surface area contributed by atoms with Crippen molar-refractivity contribution < 1.29 is 22.4 Å². The van der Waals surface area contributed by atoms with E-state index < -0.39 is 22.0 Å². The van der Waals surface area contributed by atoms with Crippen molar-refractivity contribution in [1.82, 2.24) is 4.72 Å². The molecule has 0 saturated heterocycles. The third-order valence-corrected chi connectivity index (χ3v) is 7.96. The Balaban J connectivity index is 1.50. The molecular weight excluding hydrogens is 478 g/mol. The van der Waals surface area contributed by atoms with Crippen molar-refractivity contribution >= 4 is 27.0 Å². The number of aryl methyl sites for hydroxylation is 3. The number of fused-ring (bicyclic) bond motifs is 3. The van der Waals surface area contributed by atoms with Gasteiger partial charge in [0.2, 0.25) is 10.0 Å². The molecule has 0 aliphatic heterocycles. The van der Waals surface area contributed by atoms with Crippen LogP contribution in [0.25, 0.3) is 11.0 Å². The lowest BCUT2D eigenvalue weighted by Crippen LogP contribution is -2.36. The van der Waals surface area contributed by atoms with E-state index in [1.165, 1.54) is 12.1 Å². The standard InChI is InChI=1S/C28H25NO6S/c1-17-11-13-20(14-12-17)36(32,33)29-25(19-7-4-3-5-8-19)28(31)34-24-16-15-22-21-9-6-10-23(21)27(30)35-26(22)18(24)2/h3-5,7-8,11-16,25,29H,6,9-10H2,1-2H3/t25-/m0/s1. The molecule has 0 spiro atoms. The minimum Gasteiger partial charge on any atom is -0.425 e. The van der Waals surface area contributed by atoms with E-state index in [9.17, 15) is 18.0 Å². The topological polar surface area (TPSA) is 103 Å². The number of ether oxygens (including phenoxy) is 1. The first-order valence-corrected chi connectivity index (χ1v) is 13.2. The van der Waals surface area contributed by atoms with E-state index in [4.69, 9.17) is 9.15 Å². The largest absolute Gasteiger partial charge is 0.425 e. The molecule has 0 radical (unpaired) electrons. The lowest BCUT2D eigenvalue weighted by molar-refractivity contribution is -0.136. The minimum absolute atomic E-state index is 0.0411. The molecule has 8 heteroatoms. The fraction of sp³-hybridized carbons (Fsp3) is 0.214. The summed E-state index contributed by atoms with van der Waals surface area (Å²) in [6, 6.07) is 17.0. The summed E-state index contributed by atoms with van der Waals surface area (Å²) in [5.41, 5.74) is 3.55. The van der Waals surface area contributed by atoms with Crippen LogP contribution in [0, 0.1) is 13.8 Å². The van der Waals surface area contributed by atoms with Gasteiger partial charge in [0, 0.05) is 16.5 Å². The van der Waals surface area contributed by atoms with Gasteiger partial charge in [-0.3, -0.25) is 0 Å². The quantitative estimate of drug-likeness (QED) is 0.236. The molecule has 36 heavy (non-hydrogen) atoms. The minimum atomic E-state index is -4.03. The van der Waals surface area contributed by atoms with Gasteiger partial charge in [-0.15, -0.1) is 0 Å². The van der Waals surface area contributed by atoms with E-state index in [1.807, 2.05) is 6.92 Å². The highest BCUT2D eigenvalue weighted by molar-refractivity contribution is 7.89. The third kappa shape index (κ3) is 4.45. The maximum atomic E-state index is 13.4. The van der Waals surface area contributed by atoms with Crippen LogP contribution in [0.1, 0.15) is 40.3 Å². The van der Waals surface area contributed by atoms with Gasteiger partial charge >= 0.3 is 11.6 Å². The summed E-state index contributed by atoms with van der Waals surface area (Å²) in [5.74, 6) is -0.605. The van der Waals surface area contributed by atoms with Gasteiger partial charge in [-0.1, -0.05) is 48.0 Å². The zero-order chi connectivity index (χ0) is 25.4. The summed E-state index contributed by atoms with van der Waals surface area (Å²) in [6.45, 7) is 3.57. The number of esters is 1. The summed E-state index contributed by atoms with van der Waals surface area (Å²) in [7, 11) is -4.03. The van der Waals surface area contributed by atoms with Crippen molar-refractivity contribution in [3.8, 4) is 5.75 Å². The SMILES string of the molecule is Cc1ccc(S(=O)(=O)N[C@H](C(=O)Oc2ccc3c4c(c(=O)oc3c2C)CCC4)c2ccccc2)cc1. The summed E-state index contributed by atoms with van der Waals surface area (Å²) in [6.07, 6.45) is 2.39. The first-order chi connectivity index (χ1) is 17.2. The van der Waals surface area contributed by atoms with Gasteiger partial charge in [0.15, 0.2) is 0 Å². The van der Waals surface area contributed by atoms with Crippen LogP contribution in [0.15, 0.2) is 80.8 Å². The fourth-order valence-corrected chi connectivity index (χ4v) is 5.75. The van der Waals surface area contributed by atoms with Crippen LogP contribution in [0.4, 0.5) is 0 Å². The second-order valence-electron chi connectivity index (χ2n) is 8.96. The van der Waals surface area contributed by atoms with Gasteiger partial charge in [0.25, 0.3) is 0 Å². The molecule has 1 aliphatic rings. The number of hydrogen-bond donors (Lipinski definition) is 1. The maximum Gasteiger partial charge on any atom is 0.339 e. The number of carbonyl (C=O) groups is 1. The molecule has 0 saturated carbocycles. The van der Waals surface area contributed by atoms with Gasteiger partial charge in [-0.25, -0.2) is 18.0 Å². The Morgan fingerprint density at radius 3 is 2.36 bits per heavy atom. The number of hydrogen-bond acceptors (Lipinski definition) is 6. The Hall–Kier alpha value is -3.75. The van der Waals surface area contributed by atoms with Gasteiger partial charge in [-0.05, 0) is 68.5 Å². The highest BCUT2D eigenvalue weighted by atomic mass is 32.2. The second kappa shape index (κ2) is 9.37. The molecule has 0 bridgehead atoms. The number of sulfonamides is 1. The van der Waals surface area contributed by atoms with E-state index >= 15 is 0 Å². The van der Waals surface area contributed by atoms with Crippen molar-refractivity contribution in [2.45, 2.75) is 44.0 Å². The average Bonchev–Trinajstić information content (AvgIpc) is 3.37. The predicted octanol–water partition coefficient (Wildman–Crippen LogP) is 4.52. The number of benzene rings is 3. The molecule has 7 nitrogen and oxygen atoms in total. The van der Waals surface area contributed by atoms with Crippen LogP contribution in [0.3, 0.4) is 0 Å². The molecule has 3 aromatic carbocycles. The number of rotatable bonds is 6. The monoisotopic (exact) mass is 503 g/mol. The highest BCUT2D eigenvalue weighted by Gasteiger charge is 2.30. The summed E-state index contributed by atoms with van der Waals surface area (Å²) >= 11 is 0. The maximum absolute atomic E-state index is 13.4. The fourth-order valence-electron chi connectivity index (χ4n) is 4.58. The first kappa shape index (κ1) is 24.0. The normalized spacial score (nSPS) is 13.9. The van der Waals surface area contributed by atoms with Gasteiger partial charge in [0.1, 0.15) is 17.4 Å². The molecule has 1 N–H and O–H groups in total. The first-order valence-electron chi connectivity index (χ1n) is 11.7. The van der Waals surface area contributed by atoms with E-state index in [-0.39, 0.29) is 16.3 Å². The average molecular weight is 504 g/mol. The third-order valence-electron chi connectivity index (χ3n) is 6.52. The molecule has 5 rings (SSSR count). The molecule has 0 fully saturated rings. The Morgan fingerprint density at radius 1 is 0.944 bits per heavy atom. The smallest absolute Gasteiger partial charge is 0.339 e. The molecule has 0 amide bonds. The zero-order valence-corrected chi connectivity index (χ0v) is 20.7. The molecular formula is C28H25NO6S. The van der Waals surface area contributed by atoms with Crippen LogP contribution in [-0.4, -0.2) is 14.4 Å². The molecule has 184 valence electrons. The summed E-state index contributed by atoms with van der Waals surface area (Å²) in [4.78, 5) is 25.9. The van der Waals surface area contributed by atoms with E-state index in [0.29, 0.717) is 28.7 Å². The van der Waals surface area contributed by atoms with E-state index in [0.717, 1.165) is 29.4 Å². The zero-order valence-electron chi connectivity index (χ0n) is 19.9. The summed E-state index contributed by atoms with van der Waals surface area (Å²) in [5, 5.41) is 0.832. The predicted molar refractivity (Wildman–Crippen MR) is 136 cm³/mol. The van der Waals surface area contributed by atoms with Crippen molar-refractivity contribution in [3.63, 3.8) is 0 Å². The van der Waals surface area contributed by atoms with Gasteiger partial charge in [0.05, 0.1) is 4.90 Å². The van der Waals surface area contributed by atoms with Crippen molar-refractivity contribution in [2.75, 3.05) is 0 Å². The van der Waals surface area contributed by atoms with Crippen LogP contribution >= 0.6 is 0 Å². The Labute approximate surface area is 208 Å². The lowest BCUT2D eigenvalue weighted by atomic mass is 10.0. The summed E-state index contributed by atoms with van der Waals surface area (Å²) < 4.78 is 40.0. The van der Waals surface area contributed by atoms with Crippen molar-refractivity contribution in [3.05, 3.63) is 105 Å². The molecule has 1 atom stereocenters. The Kier molecular flexibility index (Phi) is 6.24. The molecule has 1 heterocycles. The van der Waals surface area contributed by atoms with Gasteiger partial charge in [-0.2, -0.15) is 4.72 Å². The van der Waals surface area contributed by atoms with E-state index in [2.05, 4.69) is 4.72 Å². The van der Waals surface area contributed by atoms with Crippen molar-refractivity contribution in [2.24, 2.45) is 0 Å². The van der Waals surface area contributed by atoms with E-state index in [1.54, 1.807) is 61.5 Å². The molecule has 0 unspecified atom stereocenters. The second-order valence-corrected chi connectivity index (χ2v) is 10.7. The van der Waals surface area contributed by atoms with Crippen LogP contribution in [0.5, 0.6) is 5.75 Å². The molecule has 4 aromatic rings. The molecule has 1 aliphatic carbocycles. The van der Waals surface area contributed by atoms with Crippen LogP contribution in [0.2, 0.25) is 0 Å². The Bertz CT molecular complexity index is 1620. The highest BCUT2D eigenvalue weighted by Crippen LogP contribution is 2.33. The Morgan fingerprint density at radius 2 is 1.64 bits per heavy atom. The number of nitrogens with one attached hydrogen (secondary N) is 1. The van der Waals surface area contributed by atoms with Crippen LogP contribution < -0.4 is 15.1 Å². The van der Waals surface area contributed by atoms with Crippen molar-refractivity contribution in [1.29, 1.82) is 0 Å².